The van der Waals surface area contributed by atoms with E-state index in [9.17, 15) is 13.2 Å². The molecule has 1 heterocycles. The van der Waals surface area contributed by atoms with Crippen molar-refractivity contribution in [3.05, 3.63) is 0 Å². The van der Waals surface area contributed by atoms with Crippen LogP contribution in [0.25, 0.3) is 0 Å². The monoisotopic (exact) mass is 210 g/mol. The minimum Gasteiger partial charge on any atom is -0.477 e. The maximum Gasteiger partial charge on any atom is 0.365 e. The van der Waals surface area contributed by atoms with Gasteiger partial charge in [-0.15, -0.1) is 0 Å². The fraction of sp³-hybridized carbons (Fsp3) is 0.833. The molecule has 0 aromatic heterocycles. The number of carboxylic acid groups (broad SMARTS) is 1. The Balaban J connectivity index is 2.81. The molecule has 1 saturated heterocycles. The molecule has 0 aromatic carbocycles. The summed E-state index contributed by atoms with van der Waals surface area (Å²) >= 11 is 0. The van der Waals surface area contributed by atoms with Crippen LogP contribution in [-0.4, -0.2) is 41.4 Å². The molecule has 1 fully saturated rings. The lowest BCUT2D eigenvalue weighted by Crippen LogP contribution is -2.95. The van der Waals surface area contributed by atoms with Crippen LogP contribution in [0.4, 0.5) is 0 Å². The Morgan fingerprint density at radius 2 is 2.15 bits per heavy atom. The Bertz CT molecular complexity index is 324. The maximum atomic E-state index is 10.7. The van der Waals surface area contributed by atoms with Crippen molar-refractivity contribution in [2.24, 2.45) is 0 Å². The number of aliphatic carboxylic acids is 1. The van der Waals surface area contributed by atoms with E-state index in [1.54, 1.807) is 0 Å². The van der Waals surface area contributed by atoms with Gasteiger partial charge in [-0.25, -0.2) is 4.79 Å². The van der Waals surface area contributed by atoms with Gasteiger partial charge in [0.2, 0.25) is 0 Å². The molecule has 13 heavy (non-hydrogen) atoms. The van der Waals surface area contributed by atoms with E-state index in [2.05, 4.69) is 0 Å². The van der Waals surface area contributed by atoms with Crippen molar-refractivity contribution in [1.82, 2.24) is 0 Å². The summed E-state index contributed by atoms with van der Waals surface area (Å²) in [4.78, 5) is 10.7. The first-order valence-electron chi connectivity index (χ1n) is 3.80. The summed E-state index contributed by atoms with van der Waals surface area (Å²) in [5, 5.41) is 9.21. The number of hydrogen-bond donors (Lipinski definition) is 3. The van der Waals surface area contributed by atoms with Crippen molar-refractivity contribution in [1.29, 1.82) is 0 Å². The Labute approximate surface area is 75.7 Å². The molecule has 0 bridgehead atoms. The molecule has 0 amide bonds. The highest BCUT2D eigenvalue weighted by molar-refractivity contribution is 7.86. The Kier molecular flexibility index (Phi) is 2.35. The van der Waals surface area contributed by atoms with Crippen LogP contribution in [0, 0.1) is 0 Å². The lowest BCUT2D eigenvalue weighted by molar-refractivity contribution is -0.691. The first kappa shape index (κ1) is 10.4. The van der Waals surface area contributed by atoms with E-state index >= 15 is 0 Å². The average molecular weight is 210 g/mol. The van der Waals surface area contributed by atoms with Crippen LogP contribution in [-0.2, 0) is 14.9 Å². The highest BCUT2D eigenvalue weighted by Gasteiger charge is 2.49. The molecule has 0 radical (unpaired) electrons. The normalized spacial score (nSPS) is 34.8. The van der Waals surface area contributed by atoms with E-state index in [0.717, 1.165) is 0 Å². The molecule has 0 aromatic rings. The topological polar surface area (TPSA) is 108 Å². The molecule has 0 unspecified atom stereocenters. The first-order chi connectivity index (χ1) is 5.76. The van der Waals surface area contributed by atoms with E-state index in [0.29, 0.717) is 0 Å². The zero-order valence-corrected chi connectivity index (χ0v) is 7.91. The third-order valence-corrected chi connectivity index (χ3v) is 3.59. The summed E-state index contributed by atoms with van der Waals surface area (Å²) < 4.78 is 30.1. The van der Waals surface area contributed by atoms with E-state index in [1.807, 2.05) is 0 Å². The molecule has 1 aliphatic rings. The lowest BCUT2D eigenvalue weighted by Gasteiger charge is -2.13. The second-order valence-electron chi connectivity index (χ2n) is 3.50. The average Bonchev–Trinajstić information content (AvgIpc) is 2.31. The molecule has 1 rings (SSSR count). The minimum absolute atomic E-state index is 0.0544. The number of carbonyl (C=O) groups is 1. The Morgan fingerprint density at radius 3 is 2.38 bits per heavy atom. The molecule has 0 saturated carbocycles. The van der Waals surface area contributed by atoms with Gasteiger partial charge in [0, 0.05) is 13.3 Å². The molecule has 0 aliphatic carbocycles. The molecule has 2 atom stereocenters. The van der Waals surface area contributed by atoms with E-state index in [-0.39, 0.29) is 13.0 Å². The highest BCUT2D eigenvalue weighted by Crippen LogP contribution is 2.17. The molecule has 7 heteroatoms. The summed E-state index contributed by atoms with van der Waals surface area (Å²) in [5.74, 6) is -1.06. The van der Waals surface area contributed by atoms with Crippen molar-refractivity contribution in [2.75, 3.05) is 6.54 Å². The quantitative estimate of drug-likeness (QED) is 0.459. The van der Waals surface area contributed by atoms with Crippen molar-refractivity contribution in [3.63, 3.8) is 0 Å². The minimum atomic E-state index is -4.10. The van der Waals surface area contributed by atoms with Gasteiger partial charge in [0.1, 0.15) is 5.25 Å². The third-order valence-electron chi connectivity index (χ3n) is 2.39. The zero-order valence-electron chi connectivity index (χ0n) is 7.10. The summed E-state index contributed by atoms with van der Waals surface area (Å²) in [6.45, 7) is 1.54. The van der Waals surface area contributed by atoms with Crippen molar-refractivity contribution >= 4 is 16.1 Å². The van der Waals surface area contributed by atoms with Crippen LogP contribution >= 0.6 is 0 Å². The van der Waals surface area contributed by atoms with Gasteiger partial charge < -0.3 is 10.4 Å². The van der Waals surface area contributed by atoms with E-state index < -0.39 is 26.9 Å². The smallest absolute Gasteiger partial charge is 0.365 e. The van der Waals surface area contributed by atoms with Crippen molar-refractivity contribution in [2.45, 2.75) is 24.1 Å². The Hall–Kier alpha value is -0.660. The largest absolute Gasteiger partial charge is 0.477 e. The van der Waals surface area contributed by atoms with Crippen LogP contribution in [0.2, 0.25) is 0 Å². The molecule has 76 valence electrons. The van der Waals surface area contributed by atoms with Gasteiger partial charge in [0.15, 0.2) is 5.54 Å². The number of nitrogens with two attached hydrogens (primary N) is 1. The van der Waals surface area contributed by atoms with Gasteiger partial charge in [-0.2, -0.15) is 8.42 Å². The fourth-order valence-corrected chi connectivity index (χ4v) is 2.33. The van der Waals surface area contributed by atoms with Crippen LogP contribution in [0.1, 0.15) is 13.3 Å². The third kappa shape index (κ3) is 1.98. The predicted molar refractivity (Wildman–Crippen MR) is 42.8 cm³/mol. The first-order valence-corrected chi connectivity index (χ1v) is 5.30. The molecule has 0 spiro atoms. The van der Waals surface area contributed by atoms with Gasteiger partial charge in [-0.1, -0.05) is 0 Å². The Morgan fingerprint density at radius 1 is 1.62 bits per heavy atom. The number of quaternary nitrogens is 1. The fourth-order valence-electron chi connectivity index (χ4n) is 1.43. The molecular weight excluding hydrogens is 198 g/mol. The van der Waals surface area contributed by atoms with Gasteiger partial charge in [-0.05, 0) is 0 Å². The summed E-state index contributed by atoms with van der Waals surface area (Å²) in [6.07, 6.45) is -0.0544. The standard InChI is InChI=1S/C6H11NO5S/c1-6(5(8)9)2-4(3-7-6)13(10,11)12/h4,7H,2-3H2,1H3,(H,8,9)(H,10,11,12)/p+1/t4-,6+/m1/s1. The zero-order chi connectivity index (χ0) is 10.3. The predicted octanol–water partition coefficient (Wildman–Crippen LogP) is -1.95. The van der Waals surface area contributed by atoms with Gasteiger partial charge in [0.25, 0.3) is 10.1 Å². The summed E-state index contributed by atoms with van der Waals surface area (Å²) in [5.41, 5.74) is -1.12. The highest BCUT2D eigenvalue weighted by atomic mass is 32.2. The van der Waals surface area contributed by atoms with E-state index in [1.165, 1.54) is 12.2 Å². The van der Waals surface area contributed by atoms with Crippen LogP contribution < -0.4 is 5.32 Å². The molecule has 1 aliphatic heterocycles. The van der Waals surface area contributed by atoms with Crippen molar-refractivity contribution < 1.29 is 28.2 Å². The van der Waals surface area contributed by atoms with Gasteiger partial charge in [0.05, 0.1) is 6.54 Å². The molecular formula is C6H12NO5S+. The number of rotatable bonds is 2. The van der Waals surface area contributed by atoms with Crippen LogP contribution in [0.3, 0.4) is 0 Å². The second-order valence-corrected chi connectivity index (χ2v) is 5.20. The number of hydrogen-bond acceptors (Lipinski definition) is 3. The van der Waals surface area contributed by atoms with Crippen LogP contribution in [0.15, 0.2) is 0 Å². The SMILES string of the molecule is C[C@@]1(C(=O)O)C[C@@H](S(=O)(=O)O)C[NH2+]1. The summed E-state index contributed by atoms with van der Waals surface area (Å²) in [6, 6.07) is 0. The van der Waals surface area contributed by atoms with Gasteiger partial charge >= 0.3 is 5.97 Å². The second kappa shape index (κ2) is 2.93. The maximum absolute atomic E-state index is 10.7. The van der Waals surface area contributed by atoms with Crippen LogP contribution in [0.5, 0.6) is 0 Å². The van der Waals surface area contributed by atoms with Gasteiger partial charge in [-0.3, -0.25) is 4.55 Å². The number of carboxylic acids is 1. The lowest BCUT2D eigenvalue weighted by atomic mass is 10.0. The van der Waals surface area contributed by atoms with Crippen molar-refractivity contribution in [3.8, 4) is 0 Å². The summed E-state index contributed by atoms with van der Waals surface area (Å²) in [7, 11) is -4.10. The molecule has 4 N–H and O–H groups in total. The molecule has 6 nitrogen and oxygen atoms in total. The van der Waals surface area contributed by atoms with E-state index in [4.69, 9.17) is 9.66 Å².